The molecule has 0 aromatic heterocycles. The number of carbonyl (C=O) groups excluding carboxylic acids is 2. The van der Waals surface area contributed by atoms with Gasteiger partial charge in [0.05, 0.1) is 16.9 Å². The Morgan fingerprint density at radius 1 is 1.00 bits per heavy atom. The van der Waals surface area contributed by atoms with Crippen LogP contribution < -0.4 is 9.62 Å². The fourth-order valence-electron chi connectivity index (χ4n) is 4.27. The molecular formula is C29H34N4O6S. The maximum absolute atomic E-state index is 14.0. The zero-order chi connectivity index (χ0) is 29.3. The van der Waals surface area contributed by atoms with Gasteiger partial charge < -0.3 is 10.2 Å². The molecule has 0 bridgehead atoms. The molecule has 0 aliphatic rings. The van der Waals surface area contributed by atoms with Gasteiger partial charge in [-0.1, -0.05) is 67.6 Å². The van der Waals surface area contributed by atoms with Gasteiger partial charge in [0.25, 0.3) is 5.69 Å². The topological polar surface area (TPSA) is 130 Å². The van der Waals surface area contributed by atoms with Crippen LogP contribution in [-0.2, 0) is 32.6 Å². The summed E-state index contributed by atoms with van der Waals surface area (Å²) in [6, 6.07) is 20.9. The number of non-ortho nitro benzene ring substituents is 1. The summed E-state index contributed by atoms with van der Waals surface area (Å²) in [5.41, 5.74) is 2.22. The molecule has 1 N–H and O–H groups in total. The number of nitrogens with zero attached hydrogens (tertiary/aromatic N) is 3. The highest BCUT2D eigenvalue weighted by atomic mass is 32.2. The zero-order valence-electron chi connectivity index (χ0n) is 22.8. The van der Waals surface area contributed by atoms with Crippen molar-refractivity contribution in [3.63, 3.8) is 0 Å². The third kappa shape index (κ3) is 8.12. The Balaban J connectivity index is 2.07. The molecule has 0 aliphatic carbocycles. The van der Waals surface area contributed by atoms with Crippen LogP contribution in [-0.4, -0.2) is 55.4 Å². The fraction of sp³-hybridized carbons (Fsp3) is 0.310. The molecule has 0 unspecified atom stereocenters. The van der Waals surface area contributed by atoms with Crippen LogP contribution in [0.3, 0.4) is 0 Å². The number of sulfonamides is 1. The summed E-state index contributed by atoms with van der Waals surface area (Å²) >= 11 is 0. The molecule has 0 heterocycles. The Bertz CT molecular complexity index is 1450. The Kier molecular flexibility index (Phi) is 10.4. The summed E-state index contributed by atoms with van der Waals surface area (Å²) in [7, 11) is -4.03. The highest BCUT2D eigenvalue weighted by Crippen LogP contribution is 2.24. The zero-order valence-corrected chi connectivity index (χ0v) is 23.6. The van der Waals surface area contributed by atoms with Crippen LogP contribution in [0.1, 0.15) is 30.0 Å². The average molecular weight is 567 g/mol. The lowest BCUT2D eigenvalue weighted by molar-refractivity contribution is -0.384. The van der Waals surface area contributed by atoms with Crippen molar-refractivity contribution in [1.29, 1.82) is 0 Å². The van der Waals surface area contributed by atoms with Gasteiger partial charge in [0.2, 0.25) is 21.8 Å². The molecule has 0 saturated heterocycles. The number of anilines is 1. The molecule has 40 heavy (non-hydrogen) atoms. The van der Waals surface area contributed by atoms with E-state index in [1.54, 1.807) is 0 Å². The average Bonchev–Trinajstić information content (AvgIpc) is 2.93. The van der Waals surface area contributed by atoms with E-state index in [9.17, 15) is 28.1 Å². The minimum absolute atomic E-state index is 0.0177. The van der Waals surface area contributed by atoms with E-state index in [2.05, 4.69) is 5.32 Å². The predicted molar refractivity (Wildman–Crippen MR) is 154 cm³/mol. The van der Waals surface area contributed by atoms with E-state index in [1.807, 2.05) is 68.4 Å². The summed E-state index contributed by atoms with van der Waals surface area (Å²) < 4.78 is 26.5. The molecule has 3 aromatic rings. The number of rotatable bonds is 13. The smallest absolute Gasteiger partial charge is 0.271 e. The second-order valence-electron chi connectivity index (χ2n) is 9.49. The summed E-state index contributed by atoms with van der Waals surface area (Å²) in [5.74, 6) is -0.971. The Labute approximate surface area is 234 Å². The Hall–Kier alpha value is -4.25. The number of aryl methyl sites for hydroxylation is 1. The molecule has 0 saturated carbocycles. The van der Waals surface area contributed by atoms with Crippen LogP contribution in [0.25, 0.3) is 0 Å². The quantitative estimate of drug-likeness (QED) is 0.247. The molecule has 1 atom stereocenters. The molecule has 3 aromatic carbocycles. The van der Waals surface area contributed by atoms with Crippen molar-refractivity contribution < 1.29 is 22.9 Å². The number of nitro groups is 1. The van der Waals surface area contributed by atoms with Gasteiger partial charge in [0, 0.05) is 31.6 Å². The van der Waals surface area contributed by atoms with Gasteiger partial charge in [0.1, 0.15) is 12.6 Å². The standard InChI is InChI=1S/C29H34N4O6S/c1-4-17-30-29(35)27(18-23-12-6-5-7-13-23)31(20-24-14-9-8-11-22(24)2)28(34)21-32(40(3,38)39)25-15-10-16-26(19-25)33(36)37/h5-16,19,27H,4,17-18,20-21H2,1-3H3,(H,30,35)/t27-/m0/s1. The number of hydrogen-bond donors (Lipinski definition) is 1. The van der Waals surface area contributed by atoms with Crippen molar-refractivity contribution in [3.05, 3.63) is 106 Å². The van der Waals surface area contributed by atoms with Gasteiger partial charge in [0.15, 0.2) is 0 Å². The van der Waals surface area contributed by atoms with Crippen molar-refractivity contribution in [2.24, 2.45) is 0 Å². The number of nitro benzene ring substituents is 1. The summed E-state index contributed by atoms with van der Waals surface area (Å²) in [5, 5.41) is 14.2. The van der Waals surface area contributed by atoms with Crippen LogP contribution in [0.5, 0.6) is 0 Å². The lowest BCUT2D eigenvalue weighted by Crippen LogP contribution is -2.53. The minimum Gasteiger partial charge on any atom is -0.354 e. The number of benzene rings is 3. The Morgan fingerprint density at radius 3 is 2.30 bits per heavy atom. The number of carbonyl (C=O) groups is 2. The van der Waals surface area contributed by atoms with Gasteiger partial charge in [-0.15, -0.1) is 0 Å². The van der Waals surface area contributed by atoms with E-state index in [-0.39, 0.29) is 30.2 Å². The van der Waals surface area contributed by atoms with E-state index >= 15 is 0 Å². The summed E-state index contributed by atoms with van der Waals surface area (Å²) in [6.45, 7) is 3.66. The molecule has 3 rings (SSSR count). The SMILES string of the molecule is CCCNC(=O)[C@H](Cc1ccccc1)N(Cc1ccccc1C)C(=O)CN(c1cccc([N+](=O)[O-])c1)S(C)(=O)=O. The van der Waals surface area contributed by atoms with Gasteiger partial charge in [-0.3, -0.25) is 24.0 Å². The van der Waals surface area contributed by atoms with Crippen LogP contribution in [0.4, 0.5) is 11.4 Å². The van der Waals surface area contributed by atoms with Crippen molar-refractivity contribution in [2.45, 2.75) is 39.3 Å². The van der Waals surface area contributed by atoms with Crippen molar-refractivity contribution in [3.8, 4) is 0 Å². The second-order valence-corrected chi connectivity index (χ2v) is 11.4. The first-order valence-corrected chi connectivity index (χ1v) is 14.7. The largest absolute Gasteiger partial charge is 0.354 e. The lowest BCUT2D eigenvalue weighted by atomic mass is 10.0. The highest BCUT2D eigenvalue weighted by Gasteiger charge is 2.33. The number of nitrogens with one attached hydrogen (secondary N) is 1. The van der Waals surface area contributed by atoms with Gasteiger partial charge in [-0.2, -0.15) is 0 Å². The highest BCUT2D eigenvalue weighted by molar-refractivity contribution is 7.92. The summed E-state index contributed by atoms with van der Waals surface area (Å²) in [4.78, 5) is 39.6. The third-order valence-electron chi connectivity index (χ3n) is 6.43. The molecule has 10 nitrogen and oxygen atoms in total. The van der Waals surface area contributed by atoms with Crippen LogP contribution in [0.2, 0.25) is 0 Å². The molecule has 0 spiro atoms. The molecule has 212 valence electrons. The first-order valence-electron chi connectivity index (χ1n) is 12.9. The molecular weight excluding hydrogens is 532 g/mol. The minimum atomic E-state index is -4.03. The van der Waals surface area contributed by atoms with Crippen molar-refractivity contribution >= 4 is 33.2 Å². The molecule has 0 aliphatic heterocycles. The van der Waals surface area contributed by atoms with E-state index in [0.717, 1.165) is 33.3 Å². The molecule has 0 fully saturated rings. The molecule has 11 heteroatoms. The first kappa shape index (κ1) is 30.3. The van der Waals surface area contributed by atoms with E-state index < -0.39 is 33.4 Å². The predicted octanol–water partition coefficient (Wildman–Crippen LogP) is 3.84. The van der Waals surface area contributed by atoms with Crippen LogP contribution in [0.15, 0.2) is 78.9 Å². The monoisotopic (exact) mass is 566 g/mol. The fourth-order valence-corrected chi connectivity index (χ4v) is 5.11. The third-order valence-corrected chi connectivity index (χ3v) is 7.57. The van der Waals surface area contributed by atoms with Gasteiger partial charge >= 0.3 is 0 Å². The number of hydrogen-bond acceptors (Lipinski definition) is 6. The maximum Gasteiger partial charge on any atom is 0.271 e. The van der Waals surface area contributed by atoms with E-state index in [0.29, 0.717) is 13.0 Å². The lowest BCUT2D eigenvalue weighted by Gasteiger charge is -2.33. The maximum atomic E-state index is 14.0. The normalized spacial score (nSPS) is 11.9. The van der Waals surface area contributed by atoms with Crippen molar-refractivity contribution in [1.82, 2.24) is 10.2 Å². The molecule has 2 amide bonds. The van der Waals surface area contributed by atoms with Crippen LogP contribution in [0, 0.1) is 17.0 Å². The van der Waals surface area contributed by atoms with Gasteiger partial charge in [-0.05, 0) is 36.1 Å². The first-order chi connectivity index (χ1) is 19.0. The van der Waals surface area contributed by atoms with Crippen LogP contribution >= 0.6 is 0 Å². The summed E-state index contributed by atoms with van der Waals surface area (Å²) in [6.07, 6.45) is 1.84. The molecule has 0 radical (unpaired) electrons. The van der Waals surface area contributed by atoms with E-state index in [4.69, 9.17) is 0 Å². The van der Waals surface area contributed by atoms with Crippen molar-refractivity contribution in [2.75, 3.05) is 23.7 Å². The van der Waals surface area contributed by atoms with E-state index in [1.165, 1.54) is 23.1 Å². The second kappa shape index (κ2) is 13.7. The van der Waals surface area contributed by atoms with Gasteiger partial charge in [-0.25, -0.2) is 8.42 Å². The number of amides is 2. The Morgan fingerprint density at radius 2 is 1.68 bits per heavy atom.